The molecule has 0 N–H and O–H groups in total. The first-order chi connectivity index (χ1) is 11.6. The van der Waals surface area contributed by atoms with Crippen molar-refractivity contribution in [1.82, 2.24) is 5.16 Å². The van der Waals surface area contributed by atoms with E-state index in [1.54, 1.807) is 29.3 Å². The molecule has 0 fully saturated rings. The van der Waals surface area contributed by atoms with Gasteiger partial charge in [-0.15, -0.1) is 23.1 Å². The van der Waals surface area contributed by atoms with E-state index in [0.29, 0.717) is 16.5 Å². The first-order valence-electron chi connectivity index (χ1n) is 7.32. The van der Waals surface area contributed by atoms with Crippen molar-refractivity contribution in [1.29, 1.82) is 0 Å². The first-order valence-corrected chi connectivity index (χ1v) is 10.6. The Hall–Kier alpha value is -1.77. The zero-order chi connectivity index (χ0) is 16.7. The van der Waals surface area contributed by atoms with Crippen molar-refractivity contribution in [3.05, 3.63) is 47.5 Å². The Bertz CT molecular complexity index is 991. The molecule has 0 radical (unpaired) electrons. The maximum Gasteiger partial charge on any atom is 0.273 e. The first kappa shape index (κ1) is 15.7. The van der Waals surface area contributed by atoms with Crippen LogP contribution in [0.25, 0.3) is 11.3 Å². The Kier molecular flexibility index (Phi) is 3.90. The van der Waals surface area contributed by atoms with Crippen LogP contribution < -0.4 is 4.31 Å². The molecule has 4 rings (SSSR count). The van der Waals surface area contributed by atoms with E-state index in [2.05, 4.69) is 5.16 Å². The lowest BCUT2D eigenvalue weighted by molar-refractivity contribution is 0.427. The summed E-state index contributed by atoms with van der Waals surface area (Å²) in [5.41, 5.74) is 2.25. The molecule has 3 aromatic rings. The van der Waals surface area contributed by atoms with E-state index in [-0.39, 0.29) is 0 Å². The molecule has 124 valence electrons. The summed E-state index contributed by atoms with van der Waals surface area (Å²) < 4.78 is 33.2. The van der Waals surface area contributed by atoms with Gasteiger partial charge in [0, 0.05) is 34.2 Å². The van der Waals surface area contributed by atoms with Crippen LogP contribution in [0, 0.1) is 6.92 Å². The van der Waals surface area contributed by atoms with Gasteiger partial charge < -0.3 is 4.52 Å². The van der Waals surface area contributed by atoms with Crippen molar-refractivity contribution < 1.29 is 12.9 Å². The van der Waals surface area contributed by atoms with Gasteiger partial charge in [-0.05, 0) is 25.1 Å². The molecule has 0 saturated carbocycles. The number of nitrogens with zero attached hydrogens (tertiary/aromatic N) is 2. The fraction of sp³-hybridized carbons (Fsp3) is 0.188. The molecule has 2 aromatic heterocycles. The quantitative estimate of drug-likeness (QED) is 0.689. The summed E-state index contributed by atoms with van der Waals surface area (Å²) in [5, 5.41) is 5.64. The Balaban J connectivity index is 1.73. The predicted molar refractivity (Wildman–Crippen MR) is 96.3 cm³/mol. The number of sulfonamides is 1. The number of anilines is 1. The molecule has 0 atom stereocenters. The van der Waals surface area contributed by atoms with E-state index in [1.807, 2.05) is 31.2 Å². The van der Waals surface area contributed by atoms with Crippen LogP contribution >= 0.6 is 23.1 Å². The number of benzene rings is 1. The minimum absolute atomic E-state index is 0.313. The second kappa shape index (κ2) is 5.94. The molecule has 5 nitrogen and oxygen atoms in total. The van der Waals surface area contributed by atoms with Gasteiger partial charge in [-0.25, -0.2) is 8.42 Å². The number of aryl methyl sites for hydroxylation is 1. The van der Waals surface area contributed by atoms with Gasteiger partial charge in [0.2, 0.25) is 0 Å². The van der Waals surface area contributed by atoms with E-state index in [9.17, 15) is 8.42 Å². The summed E-state index contributed by atoms with van der Waals surface area (Å²) >= 11 is 2.89. The standard InChI is InChI=1S/C16H14N2O3S3/c1-11-8-14(21-17-11)12-9-16(23-10-12)24(19,20)18-6-7-22-15-5-3-2-4-13(15)18/h2-5,8-10H,6-7H2,1H3. The van der Waals surface area contributed by atoms with Gasteiger partial charge in [0.1, 0.15) is 4.21 Å². The number of para-hydroxylation sites is 1. The summed E-state index contributed by atoms with van der Waals surface area (Å²) in [5.74, 6) is 1.33. The highest BCUT2D eigenvalue weighted by Crippen LogP contribution is 2.39. The molecule has 3 heterocycles. The molecule has 0 amide bonds. The topological polar surface area (TPSA) is 63.4 Å². The van der Waals surface area contributed by atoms with E-state index in [0.717, 1.165) is 27.6 Å². The van der Waals surface area contributed by atoms with Crippen molar-refractivity contribution in [3.8, 4) is 11.3 Å². The highest BCUT2D eigenvalue weighted by atomic mass is 32.2. The van der Waals surface area contributed by atoms with Crippen molar-refractivity contribution in [2.75, 3.05) is 16.6 Å². The molecule has 1 aromatic carbocycles. The molecule has 0 bridgehead atoms. The van der Waals surface area contributed by atoms with E-state index >= 15 is 0 Å². The summed E-state index contributed by atoms with van der Waals surface area (Å²) in [6, 6.07) is 11.1. The van der Waals surface area contributed by atoms with Crippen LogP contribution in [0.15, 0.2) is 55.4 Å². The Morgan fingerprint density at radius 3 is 2.88 bits per heavy atom. The van der Waals surface area contributed by atoms with Crippen LogP contribution in [0.3, 0.4) is 0 Å². The van der Waals surface area contributed by atoms with Crippen LogP contribution in [0.2, 0.25) is 0 Å². The molecule has 0 unspecified atom stereocenters. The maximum atomic E-state index is 13.1. The van der Waals surface area contributed by atoms with Crippen LogP contribution in [0.5, 0.6) is 0 Å². The van der Waals surface area contributed by atoms with Crippen molar-refractivity contribution in [3.63, 3.8) is 0 Å². The van der Waals surface area contributed by atoms with Crippen molar-refractivity contribution >= 4 is 38.8 Å². The van der Waals surface area contributed by atoms with Crippen molar-refractivity contribution in [2.45, 2.75) is 16.0 Å². The van der Waals surface area contributed by atoms with Crippen LogP contribution in [0.4, 0.5) is 5.69 Å². The lowest BCUT2D eigenvalue weighted by Gasteiger charge is -2.29. The van der Waals surface area contributed by atoms with Gasteiger partial charge in [-0.1, -0.05) is 17.3 Å². The molecule has 0 aliphatic carbocycles. The van der Waals surface area contributed by atoms with Gasteiger partial charge in [-0.2, -0.15) is 0 Å². The third kappa shape index (κ3) is 2.64. The lowest BCUT2D eigenvalue weighted by Crippen LogP contribution is -2.34. The summed E-state index contributed by atoms with van der Waals surface area (Å²) in [4.78, 5) is 0.995. The highest BCUT2D eigenvalue weighted by Gasteiger charge is 2.30. The molecule has 0 saturated heterocycles. The summed E-state index contributed by atoms with van der Waals surface area (Å²) in [7, 11) is -3.58. The minimum Gasteiger partial charge on any atom is -0.356 e. The van der Waals surface area contributed by atoms with Crippen molar-refractivity contribution in [2.24, 2.45) is 0 Å². The van der Waals surface area contributed by atoms with Gasteiger partial charge in [0.25, 0.3) is 10.0 Å². The largest absolute Gasteiger partial charge is 0.356 e. The number of fused-ring (bicyclic) bond motifs is 1. The molecule has 24 heavy (non-hydrogen) atoms. The maximum absolute atomic E-state index is 13.1. The second-order valence-corrected chi connectivity index (χ2v) is 9.52. The SMILES string of the molecule is Cc1cc(-c2csc(S(=O)(=O)N3CCSc4ccccc43)c2)on1. The molecule has 1 aliphatic rings. The average Bonchev–Trinajstić information content (AvgIpc) is 3.23. The molecule has 8 heteroatoms. The predicted octanol–water partition coefficient (Wildman–Crippen LogP) is 4.01. The zero-order valence-corrected chi connectivity index (χ0v) is 15.2. The molecule has 0 spiro atoms. The summed E-state index contributed by atoms with van der Waals surface area (Å²) in [6.45, 7) is 2.30. The molecular weight excluding hydrogens is 364 g/mol. The van der Waals surface area contributed by atoms with Gasteiger partial charge in [0.15, 0.2) is 5.76 Å². The third-order valence-electron chi connectivity index (χ3n) is 3.72. The Labute approximate surface area is 148 Å². The fourth-order valence-corrected chi connectivity index (χ4v) is 6.52. The summed E-state index contributed by atoms with van der Waals surface area (Å²) in [6.07, 6.45) is 0. The van der Waals surface area contributed by atoms with Gasteiger partial charge in [-0.3, -0.25) is 4.31 Å². The van der Waals surface area contributed by atoms with E-state index in [4.69, 9.17) is 4.52 Å². The Morgan fingerprint density at radius 1 is 1.25 bits per heavy atom. The number of aromatic nitrogens is 1. The monoisotopic (exact) mass is 378 g/mol. The lowest BCUT2D eigenvalue weighted by atomic mass is 10.2. The van der Waals surface area contributed by atoms with Crippen LogP contribution in [-0.4, -0.2) is 25.9 Å². The normalized spacial score (nSPS) is 14.6. The number of thioether (sulfide) groups is 1. The number of hydrogen-bond acceptors (Lipinski definition) is 6. The third-order valence-corrected chi connectivity index (χ3v) is 7.99. The molecular formula is C16H14N2O3S3. The molecule has 1 aliphatic heterocycles. The van der Waals surface area contributed by atoms with Crippen LogP contribution in [-0.2, 0) is 10.0 Å². The number of thiophene rings is 1. The average molecular weight is 379 g/mol. The van der Waals surface area contributed by atoms with Crippen LogP contribution in [0.1, 0.15) is 5.69 Å². The van der Waals surface area contributed by atoms with Gasteiger partial charge in [0.05, 0.1) is 11.4 Å². The highest BCUT2D eigenvalue weighted by molar-refractivity contribution is 8.00. The minimum atomic E-state index is -3.58. The zero-order valence-electron chi connectivity index (χ0n) is 12.8. The fourth-order valence-electron chi connectivity index (χ4n) is 2.58. The Morgan fingerprint density at radius 2 is 2.08 bits per heavy atom. The van der Waals surface area contributed by atoms with E-state index < -0.39 is 10.0 Å². The van der Waals surface area contributed by atoms with Gasteiger partial charge >= 0.3 is 0 Å². The second-order valence-electron chi connectivity index (χ2n) is 5.38. The number of rotatable bonds is 3. The number of hydrogen-bond donors (Lipinski definition) is 0. The van der Waals surface area contributed by atoms with E-state index in [1.165, 1.54) is 15.6 Å². The smallest absolute Gasteiger partial charge is 0.273 e.